The summed E-state index contributed by atoms with van der Waals surface area (Å²) in [5.74, 6) is 0.531. The molecule has 0 heterocycles. The van der Waals surface area contributed by atoms with E-state index in [9.17, 15) is 13.2 Å². The number of benzene rings is 2. The summed E-state index contributed by atoms with van der Waals surface area (Å²) in [4.78, 5) is 0. The minimum absolute atomic E-state index is 0. The van der Waals surface area contributed by atoms with E-state index in [0.717, 1.165) is 0 Å². The van der Waals surface area contributed by atoms with Gasteiger partial charge in [-0.1, -0.05) is 30.3 Å². The van der Waals surface area contributed by atoms with Crippen LogP contribution in [-0.2, 0) is 0 Å². The first-order valence-corrected chi connectivity index (χ1v) is 5.33. The van der Waals surface area contributed by atoms with Gasteiger partial charge in [-0.05, 0) is 17.0 Å². The Hall–Kier alpha value is -1.46. The quantitative estimate of drug-likeness (QED) is 0.912. The molecular formula is C13H13ClF3NO. The Kier molecular flexibility index (Phi) is 4.66. The summed E-state index contributed by atoms with van der Waals surface area (Å²) in [7, 11) is 1.48. The highest BCUT2D eigenvalue weighted by Crippen LogP contribution is 2.37. The molecule has 2 N–H and O–H groups in total. The standard InChI is InChI=1S/C13H12F3NO.ClH/c1-18-11-7-6-10(12(17)13(14,15)16)8-4-2-3-5-9(8)11;/h2-7,12H,17H2,1H3;1H/t12-;/m0./s1. The molecule has 0 aliphatic heterocycles. The van der Waals surface area contributed by atoms with Crippen LogP contribution in [0.25, 0.3) is 10.8 Å². The summed E-state index contributed by atoms with van der Waals surface area (Å²) in [6.45, 7) is 0. The lowest BCUT2D eigenvalue weighted by Gasteiger charge is -2.18. The molecule has 0 aromatic heterocycles. The average Bonchev–Trinajstić information content (AvgIpc) is 2.35. The molecule has 19 heavy (non-hydrogen) atoms. The van der Waals surface area contributed by atoms with Crippen LogP contribution in [0.2, 0.25) is 0 Å². The molecule has 0 radical (unpaired) electrons. The topological polar surface area (TPSA) is 35.2 Å². The first-order valence-electron chi connectivity index (χ1n) is 5.33. The maximum Gasteiger partial charge on any atom is 0.407 e. The lowest BCUT2D eigenvalue weighted by molar-refractivity contribution is -0.148. The van der Waals surface area contributed by atoms with Crippen LogP contribution in [0.4, 0.5) is 13.2 Å². The van der Waals surface area contributed by atoms with Gasteiger partial charge in [-0.3, -0.25) is 0 Å². The number of methoxy groups -OCH3 is 1. The molecule has 0 amide bonds. The monoisotopic (exact) mass is 291 g/mol. The highest BCUT2D eigenvalue weighted by molar-refractivity contribution is 5.91. The molecule has 2 aromatic rings. The number of fused-ring (bicyclic) bond motifs is 1. The van der Waals surface area contributed by atoms with E-state index in [2.05, 4.69) is 0 Å². The van der Waals surface area contributed by atoms with Gasteiger partial charge in [-0.25, -0.2) is 0 Å². The SMILES string of the molecule is COc1ccc([C@H](N)C(F)(F)F)c2ccccc12.Cl. The third kappa shape index (κ3) is 2.93. The third-order valence-corrected chi connectivity index (χ3v) is 2.83. The fraction of sp³-hybridized carbons (Fsp3) is 0.231. The summed E-state index contributed by atoms with van der Waals surface area (Å²) < 4.78 is 43.2. The third-order valence-electron chi connectivity index (χ3n) is 2.83. The largest absolute Gasteiger partial charge is 0.496 e. The molecule has 0 fully saturated rings. The first-order chi connectivity index (χ1) is 8.45. The summed E-state index contributed by atoms with van der Waals surface area (Å²) in [5.41, 5.74) is 5.32. The zero-order chi connectivity index (χ0) is 13.3. The number of hydrogen-bond acceptors (Lipinski definition) is 2. The van der Waals surface area contributed by atoms with Gasteiger partial charge in [0.25, 0.3) is 0 Å². The predicted octanol–water partition coefficient (Wildman–Crippen LogP) is 3.83. The van der Waals surface area contributed by atoms with Crippen molar-refractivity contribution in [2.45, 2.75) is 12.2 Å². The molecule has 0 unspecified atom stereocenters. The lowest BCUT2D eigenvalue weighted by atomic mass is 9.98. The zero-order valence-corrected chi connectivity index (χ0v) is 10.9. The zero-order valence-electron chi connectivity index (χ0n) is 10.1. The fourth-order valence-corrected chi connectivity index (χ4v) is 1.92. The molecule has 104 valence electrons. The van der Waals surface area contributed by atoms with Gasteiger partial charge < -0.3 is 10.5 Å². The maximum absolute atomic E-state index is 12.7. The Morgan fingerprint density at radius 3 is 2.16 bits per heavy atom. The van der Waals surface area contributed by atoms with Crippen molar-refractivity contribution in [3.05, 3.63) is 42.0 Å². The normalized spacial score (nSPS) is 12.9. The van der Waals surface area contributed by atoms with Crippen molar-refractivity contribution in [2.24, 2.45) is 5.73 Å². The fourth-order valence-electron chi connectivity index (χ4n) is 1.92. The summed E-state index contributed by atoms with van der Waals surface area (Å²) in [6.07, 6.45) is -4.46. The maximum atomic E-state index is 12.7. The summed E-state index contributed by atoms with van der Waals surface area (Å²) >= 11 is 0. The highest BCUT2D eigenvalue weighted by Gasteiger charge is 2.38. The number of halogens is 4. The minimum Gasteiger partial charge on any atom is -0.496 e. The summed E-state index contributed by atoms with van der Waals surface area (Å²) in [6, 6.07) is 7.61. The van der Waals surface area contributed by atoms with Crippen molar-refractivity contribution in [1.29, 1.82) is 0 Å². The van der Waals surface area contributed by atoms with E-state index in [1.165, 1.54) is 19.2 Å². The Morgan fingerprint density at radius 1 is 1.05 bits per heavy atom. The summed E-state index contributed by atoms with van der Waals surface area (Å²) in [5, 5.41) is 1.08. The van der Waals surface area contributed by atoms with Gasteiger partial charge in [-0.15, -0.1) is 12.4 Å². The van der Waals surface area contributed by atoms with Gasteiger partial charge in [0, 0.05) is 5.39 Å². The van der Waals surface area contributed by atoms with Gasteiger partial charge in [0.1, 0.15) is 11.8 Å². The average molecular weight is 292 g/mol. The minimum atomic E-state index is -4.46. The van der Waals surface area contributed by atoms with Crippen molar-refractivity contribution < 1.29 is 17.9 Å². The first kappa shape index (κ1) is 15.6. The van der Waals surface area contributed by atoms with Crippen molar-refractivity contribution in [2.75, 3.05) is 7.11 Å². The Balaban J connectivity index is 0.00000180. The second-order valence-corrected chi connectivity index (χ2v) is 3.92. The number of hydrogen-bond donors (Lipinski definition) is 1. The smallest absolute Gasteiger partial charge is 0.407 e. The second-order valence-electron chi connectivity index (χ2n) is 3.92. The van der Waals surface area contributed by atoms with Gasteiger partial charge >= 0.3 is 6.18 Å². The van der Waals surface area contributed by atoms with Crippen molar-refractivity contribution >= 4 is 23.2 Å². The lowest BCUT2D eigenvalue weighted by Crippen LogP contribution is -2.28. The van der Waals surface area contributed by atoms with E-state index in [0.29, 0.717) is 16.5 Å². The van der Waals surface area contributed by atoms with Gasteiger partial charge in [0.05, 0.1) is 7.11 Å². The van der Waals surface area contributed by atoms with E-state index < -0.39 is 12.2 Å². The van der Waals surface area contributed by atoms with Crippen LogP contribution in [0.15, 0.2) is 36.4 Å². The van der Waals surface area contributed by atoms with Crippen LogP contribution >= 0.6 is 12.4 Å². The van der Waals surface area contributed by atoms with Crippen molar-refractivity contribution in [3.8, 4) is 5.75 Å². The molecule has 6 heteroatoms. The molecule has 2 nitrogen and oxygen atoms in total. The van der Waals surface area contributed by atoms with Crippen LogP contribution < -0.4 is 10.5 Å². The number of alkyl halides is 3. The van der Waals surface area contributed by atoms with E-state index in [-0.39, 0.29) is 18.0 Å². The molecule has 0 bridgehead atoms. The van der Waals surface area contributed by atoms with Crippen molar-refractivity contribution in [1.82, 2.24) is 0 Å². The van der Waals surface area contributed by atoms with Crippen LogP contribution in [0.3, 0.4) is 0 Å². The van der Waals surface area contributed by atoms with Crippen LogP contribution in [0, 0.1) is 0 Å². The highest BCUT2D eigenvalue weighted by atomic mass is 35.5. The molecule has 0 aliphatic carbocycles. The van der Waals surface area contributed by atoms with E-state index in [1.54, 1.807) is 24.3 Å². The Bertz CT molecular complexity index is 571. The van der Waals surface area contributed by atoms with Gasteiger partial charge in [-0.2, -0.15) is 13.2 Å². The molecule has 0 spiro atoms. The number of ether oxygens (including phenoxy) is 1. The molecule has 2 aromatic carbocycles. The van der Waals surface area contributed by atoms with Crippen LogP contribution in [0.5, 0.6) is 5.75 Å². The molecule has 1 atom stereocenters. The van der Waals surface area contributed by atoms with Gasteiger partial charge in [0.2, 0.25) is 0 Å². The van der Waals surface area contributed by atoms with Gasteiger partial charge in [0.15, 0.2) is 0 Å². The molecule has 0 saturated heterocycles. The van der Waals surface area contributed by atoms with E-state index in [1.807, 2.05) is 0 Å². The molecule has 0 saturated carbocycles. The molecule has 0 aliphatic rings. The number of rotatable bonds is 2. The van der Waals surface area contributed by atoms with E-state index >= 15 is 0 Å². The molecular weight excluding hydrogens is 279 g/mol. The Labute approximate surface area is 114 Å². The van der Waals surface area contributed by atoms with E-state index in [4.69, 9.17) is 10.5 Å². The van der Waals surface area contributed by atoms with Crippen molar-refractivity contribution in [3.63, 3.8) is 0 Å². The van der Waals surface area contributed by atoms with Crippen LogP contribution in [0.1, 0.15) is 11.6 Å². The molecule has 2 rings (SSSR count). The number of nitrogens with two attached hydrogens (primary N) is 1. The predicted molar refractivity (Wildman–Crippen MR) is 70.7 cm³/mol. The Morgan fingerprint density at radius 2 is 1.63 bits per heavy atom. The second kappa shape index (κ2) is 5.67. The van der Waals surface area contributed by atoms with Crippen LogP contribution in [-0.4, -0.2) is 13.3 Å².